The van der Waals surface area contributed by atoms with E-state index < -0.39 is 28.8 Å². The number of nitro groups is 1. The summed E-state index contributed by atoms with van der Waals surface area (Å²) >= 11 is 0. The molecule has 3 aliphatic rings. The zero-order valence-corrected chi connectivity index (χ0v) is 36.0. The lowest BCUT2D eigenvalue weighted by atomic mass is 9.55. The van der Waals surface area contributed by atoms with Crippen molar-refractivity contribution in [2.24, 2.45) is 22.9 Å². The third-order valence-electron chi connectivity index (χ3n) is 12.1. The number of ether oxygens (including phenoxy) is 4. The first kappa shape index (κ1) is 46.7. The fourth-order valence-electron chi connectivity index (χ4n) is 9.33. The van der Waals surface area contributed by atoms with Gasteiger partial charge in [-0.3, -0.25) is 19.8 Å². The Morgan fingerprint density at radius 2 is 1.78 bits per heavy atom. The Morgan fingerprint density at radius 1 is 1.02 bits per heavy atom. The molecule has 1 heterocycles. The Balaban J connectivity index is 1.56. The first-order chi connectivity index (χ1) is 30.7. The van der Waals surface area contributed by atoms with Gasteiger partial charge in [-0.2, -0.15) is 0 Å². The highest BCUT2D eigenvalue weighted by Gasteiger charge is 2.65. The van der Waals surface area contributed by atoms with E-state index in [4.69, 9.17) is 28.9 Å². The number of hydrogen-bond donors (Lipinski definition) is 2. The quantitative estimate of drug-likeness (QED) is 0.0288. The van der Waals surface area contributed by atoms with Gasteiger partial charge in [0.2, 0.25) is 5.79 Å². The van der Waals surface area contributed by atoms with Gasteiger partial charge in [0.25, 0.3) is 5.69 Å². The number of carbonyl (C=O) groups excluding carboxylic acids is 2. The highest BCUT2D eigenvalue weighted by Crippen LogP contribution is 2.62. The molecule has 63 heavy (non-hydrogen) atoms. The van der Waals surface area contributed by atoms with Gasteiger partial charge in [-0.05, 0) is 104 Å². The van der Waals surface area contributed by atoms with E-state index in [-0.39, 0.29) is 62.9 Å². The van der Waals surface area contributed by atoms with Crippen LogP contribution in [0.4, 0.5) is 10.5 Å². The summed E-state index contributed by atoms with van der Waals surface area (Å²) < 4.78 is 26.6. The topological polar surface area (TPSA) is 179 Å². The van der Waals surface area contributed by atoms with Gasteiger partial charge < -0.3 is 34.0 Å². The second-order valence-electron chi connectivity index (χ2n) is 16.1. The largest absolute Gasteiger partial charge is 0.459 e. The van der Waals surface area contributed by atoms with Crippen molar-refractivity contribution in [2.75, 3.05) is 33.0 Å². The molecule has 0 spiro atoms. The van der Waals surface area contributed by atoms with E-state index >= 15 is 0 Å². The molecule has 0 radical (unpaired) electrons. The van der Waals surface area contributed by atoms with Crippen molar-refractivity contribution in [1.82, 2.24) is 4.90 Å². The van der Waals surface area contributed by atoms with Crippen LogP contribution in [-0.2, 0) is 20.9 Å². The van der Waals surface area contributed by atoms with Crippen LogP contribution in [0, 0.1) is 27.9 Å². The van der Waals surface area contributed by atoms with Crippen molar-refractivity contribution in [3.63, 3.8) is 0 Å². The van der Waals surface area contributed by atoms with Crippen molar-refractivity contribution in [3.05, 3.63) is 130 Å². The molecule has 1 fully saturated rings. The molecular formula is C49H59N3O11. The number of oxime groups is 1. The average molecular weight is 866 g/mol. The fraction of sp³-hybridized carbons (Fsp3) is 0.449. The summed E-state index contributed by atoms with van der Waals surface area (Å²) in [6.07, 6.45) is 11.3. The van der Waals surface area contributed by atoms with Crippen LogP contribution in [0.5, 0.6) is 17.2 Å². The van der Waals surface area contributed by atoms with Gasteiger partial charge in [-0.25, -0.2) is 4.79 Å². The molecule has 0 unspecified atom stereocenters. The van der Waals surface area contributed by atoms with Crippen molar-refractivity contribution in [2.45, 2.75) is 89.1 Å². The summed E-state index contributed by atoms with van der Waals surface area (Å²) in [7, 11) is 0. The summed E-state index contributed by atoms with van der Waals surface area (Å²) in [6, 6.07) is 17.9. The van der Waals surface area contributed by atoms with Crippen LogP contribution in [0.15, 0.2) is 109 Å². The number of fused-ring (bicyclic) bond motifs is 2. The normalized spacial score (nSPS) is 22.7. The van der Waals surface area contributed by atoms with E-state index in [1.165, 1.54) is 12.1 Å². The average Bonchev–Trinajstić information content (AvgIpc) is 3.29. The molecule has 6 atom stereocenters. The maximum Gasteiger partial charge on any atom is 0.410 e. The Morgan fingerprint density at radius 3 is 2.48 bits per heavy atom. The second kappa shape index (κ2) is 22.5. The summed E-state index contributed by atoms with van der Waals surface area (Å²) in [5.74, 6) is -0.776. The molecule has 0 saturated heterocycles. The molecule has 6 rings (SSSR count). The van der Waals surface area contributed by atoms with E-state index in [2.05, 4.69) is 19.2 Å². The second-order valence-corrected chi connectivity index (χ2v) is 16.1. The number of rotatable bonds is 24. The monoisotopic (exact) mass is 865 g/mol. The molecule has 1 aliphatic heterocycles. The summed E-state index contributed by atoms with van der Waals surface area (Å²) in [4.78, 5) is 44.6. The Labute approximate surface area is 369 Å². The Hall–Kier alpha value is -5.83. The van der Waals surface area contributed by atoms with Crippen LogP contribution >= 0.6 is 0 Å². The molecule has 2 aliphatic carbocycles. The molecule has 0 bridgehead atoms. The highest BCUT2D eigenvalue weighted by molar-refractivity contribution is 6.03. The number of carbonyl (C=O) groups is 2. The van der Waals surface area contributed by atoms with Crippen LogP contribution in [0.2, 0.25) is 0 Å². The number of aldehydes is 1. The first-order valence-corrected chi connectivity index (χ1v) is 21.9. The summed E-state index contributed by atoms with van der Waals surface area (Å²) in [5.41, 5.74) is 3.44. The maximum atomic E-state index is 14.3. The number of aliphatic hydroxyl groups excluding tert-OH is 2. The number of benzene rings is 3. The Bertz CT molecular complexity index is 2120. The van der Waals surface area contributed by atoms with Crippen molar-refractivity contribution in [1.29, 1.82) is 0 Å². The minimum absolute atomic E-state index is 0.00423. The number of nitro benzene ring substituents is 1. The minimum atomic E-state index is -1.48. The first-order valence-electron chi connectivity index (χ1n) is 21.9. The molecule has 3 aromatic rings. The van der Waals surface area contributed by atoms with E-state index in [9.17, 15) is 29.9 Å². The van der Waals surface area contributed by atoms with Crippen LogP contribution in [-0.4, -0.2) is 82.9 Å². The SMILES string of the molecule is C=CCCOC(=O)N(CCC)[C@H]1CC(=NOCc2ccc([N+](=O)[O-])cc2)C2=C[C@H](CCCCO)[C@@H](CCCCO)[C@@H]3c4cc(Oc5cccc(C=O)c5)ccc4O[C@@]1(OCC=C)[C@H]23. The van der Waals surface area contributed by atoms with E-state index in [0.29, 0.717) is 66.3 Å². The molecule has 1 saturated carbocycles. The third-order valence-corrected chi connectivity index (χ3v) is 12.1. The standard InChI is InChI=1S/C49H59N3O11/c1-4-7-27-59-48(56)51(23-5-2)45-31-43(50-61-33-34-17-19-37(20-18-34)52(57)58)41-29-36(14-8-10-24-53)40(16-9-11-25-54)46-42-30-39(62-38-15-12-13-35(28-38)32-55)21-22-44(42)63-49(45,47(41)46)60-26-6-3/h4,6,12-13,15,17-22,28-30,32,36,40,45-47,53-54H,1,3,5,7-11,14,16,23-27,31,33H2,2H3/t36-,40+,45-,46+,47+,49+/m0/s1. The maximum absolute atomic E-state index is 14.3. The van der Waals surface area contributed by atoms with Crippen molar-refractivity contribution < 1.29 is 48.5 Å². The van der Waals surface area contributed by atoms with Gasteiger partial charge >= 0.3 is 6.09 Å². The third kappa shape index (κ3) is 10.9. The van der Waals surface area contributed by atoms with Gasteiger partial charge in [0.05, 0.1) is 29.8 Å². The molecule has 3 aromatic carbocycles. The number of aliphatic hydroxyl groups is 2. The molecule has 2 N–H and O–H groups in total. The van der Waals surface area contributed by atoms with E-state index in [1.54, 1.807) is 53.5 Å². The Kier molecular flexibility index (Phi) is 16.7. The van der Waals surface area contributed by atoms with Crippen LogP contribution in [0.25, 0.3) is 0 Å². The van der Waals surface area contributed by atoms with Gasteiger partial charge in [-0.1, -0.05) is 55.3 Å². The summed E-state index contributed by atoms with van der Waals surface area (Å²) in [6.45, 7) is 10.5. The lowest BCUT2D eigenvalue weighted by Gasteiger charge is -2.59. The van der Waals surface area contributed by atoms with Crippen LogP contribution < -0.4 is 9.47 Å². The molecule has 1 amide bonds. The fourth-order valence-corrected chi connectivity index (χ4v) is 9.33. The predicted octanol–water partition coefficient (Wildman–Crippen LogP) is 9.46. The number of hydrogen-bond acceptors (Lipinski definition) is 12. The molecule has 14 heteroatoms. The van der Waals surface area contributed by atoms with Gasteiger partial charge in [0.15, 0.2) is 0 Å². The number of amides is 1. The zero-order chi connectivity index (χ0) is 44.8. The van der Waals surface area contributed by atoms with E-state index in [1.807, 2.05) is 25.1 Å². The van der Waals surface area contributed by atoms with Crippen LogP contribution in [0.1, 0.15) is 92.1 Å². The number of allylic oxidation sites excluding steroid dienone is 1. The smallest absolute Gasteiger partial charge is 0.410 e. The minimum Gasteiger partial charge on any atom is -0.459 e. The van der Waals surface area contributed by atoms with Crippen molar-refractivity contribution in [3.8, 4) is 17.2 Å². The molecular weight excluding hydrogens is 807 g/mol. The van der Waals surface area contributed by atoms with Gasteiger partial charge in [0.1, 0.15) is 36.2 Å². The lowest BCUT2D eigenvalue weighted by molar-refractivity contribution is -0.384. The van der Waals surface area contributed by atoms with Gasteiger partial charge in [0, 0.05) is 55.4 Å². The highest BCUT2D eigenvalue weighted by atomic mass is 16.7. The van der Waals surface area contributed by atoms with Crippen LogP contribution in [0.3, 0.4) is 0 Å². The lowest BCUT2D eigenvalue weighted by Crippen LogP contribution is -2.70. The molecule has 0 aromatic heterocycles. The number of unbranched alkanes of at least 4 members (excludes halogenated alkanes) is 2. The molecule has 336 valence electrons. The molecule has 14 nitrogen and oxygen atoms in total. The summed E-state index contributed by atoms with van der Waals surface area (Å²) in [5, 5.41) is 36.0. The number of non-ortho nitro benzene ring substituents is 1. The van der Waals surface area contributed by atoms with Gasteiger partial charge in [-0.15, -0.1) is 13.2 Å². The van der Waals surface area contributed by atoms with Crippen molar-refractivity contribution >= 4 is 23.8 Å². The predicted molar refractivity (Wildman–Crippen MR) is 238 cm³/mol. The zero-order valence-electron chi connectivity index (χ0n) is 36.0. The number of nitrogens with zero attached hydrogens (tertiary/aromatic N) is 3. The van der Waals surface area contributed by atoms with E-state index in [0.717, 1.165) is 43.1 Å².